The molecule has 2 N–H and O–H groups in total. The Labute approximate surface area is 176 Å². The van der Waals surface area contributed by atoms with E-state index in [1.807, 2.05) is 13.8 Å². The number of aromatic nitrogens is 4. The molecular formula is C23H28N6O. The second-order valence-electron chi connectivity index (χ2n) is 8.39. The smallest absolute Gasteiger partial charge is 0.159 e. The summed E-state index contributed by atoms with van der Waals surface area (Å²) < 4.78 is 5.76. The van der Waals surface area contributed by atoms with Crippen molar-refractivity contribution in [2.75, 3.05) is 38.1 Å². The summed E-state index contributed by atoms with van der Waals surface area (Å²) in [6, 6.07) is 12.7. The lowest BCUT2D eigenvalue weighted by atomic mass is 10.1. The highest BCUT2D eigenvalue weighted by molar-refractivity contribution is 5.93. The highest BCUT2D eigenvalue weighted by Crippen LogP contribution is 2.29. The van der Waals surface area contributed by atoms with Gasteiger partial charge in [-0.3, -0.25) is 5.10 Å². The molecule has 2 aromatic heterocycles. The van der Waals surface area contributed by atoms with Crippen LogP contribution in [0.15, 0.2) is 36.4 Å². The molecule has 2 aromatic carbocycles. The molecule has 5 rings (SSSR count). The number of benzene rings is 2. The third-order valence-electron chi connectivity index (χ3n) is 5.77. The average molecular weight is 405 g/mol. The molecule has 1 saturated heterocycles. The lowest BCUT2D eigenvalue weighted by Crippen LogP contribution is -2.44. The Morgan fingerprint density at radius 2 is 1.87 bits per heavy atom. The van der Waals surface area contributed by atoms with Gasteiger partial charge in [-0.15, -0.1) is 0 Å². The van der Waals surface area contributed by atoms with Gasteiger partial charge in [0.1, 0.15) is 5.69 Å². The molecule has 30 heavy (non-hydrogen) atoms. The summed E-state index contributed by atoms with van der Waals surface area (Å²) in [4.78, 5) is 13.1. The fraction of sp³-hybridized carbons (Fsp3) is 0.391. The summed E-state index contributed by atoms with van der Waals surface area (Å²) in [7, 11) is 2.18. The van der Waals surface area contributed by atoms with Crippen LogP contribution in [0.4, 0.5) is 5.69 Å². The maximum atomic E-state index is 5.76. The predicted octanol–water partition coefficient (Wildman–Crippen LogP) is 3.78. The van der Waals surface area contributed by atoms with Crippen LogP contribution in [0.25, 0.3) is 33.5 Å². The molecule has 0 bridgehead atoms. The second kappa shape index (κ2) is 7.74. The molecule has 0 spiro atoms. The number of hydrogen-bond donors (Lipinski definition) is 2. The monoisotopic (exact) mass is 404 g/mol. The first-order valence-electron chi connectivity index (χ1n) is 10.6. The van der Waals surface area contributed by atoms with E-state index in [2.05, 4.69) is 68.4 Å². The molecule has 4 aromatic rings. The van der Waals surface area contributed by atoms with Gasteiger partial charge in [-0.1, -0.05) is 6.07 Å². The summed E-state index contributed by atoms with van der Waals surface area (Å²) in [5.41, 5.74) is 6.21. The fourth-order valence-electron chi connectivity index (χ4n) is 3.97. The Morgan fingerprint density at radius 1 is 1.03 bits per heavy atom. The number of piperazine rings is 1. The van der Waals surface area contributed by atoms with Gasteiger partial charge in [-0.05, 0) is 56.8 Å². The van der Waals surface area contributed by atoms with E-state index in [1.54, 1.807) is 0 Å². The summed E-state index contributed by atoms with van der Waals surface area (Å²) in [5.74, 6) is 0.786. The highest BCUT2D eigenvalue weighted by atomic mass is 16.5. The first kappa shape index (κ1) is 19.1. The number of anilines is 1. The van der Waals surface area contributed by atoms with Gasteiger partial charge in [0, 0.05) is 37.3 Å². The van der Waals surface area contributed by atoms with Crippen LogP contribution in [-0.4, -0.2) is 64.4 Å². The van der Waals surface area contributed by atoms with E-state index in [1.165, 1.54) is 5.69 Å². The van der Waals surface area contributed by atoms with E-state index in [0.717, 1.165) is 65.2 Å². The van der Waals surface area contributed by atoms with Crippen LogP contribution in [0.5, 0.6) is 0 Å². The fourth-order valence-corrected chi connectivity index (χ4v) is 3.97. The first-order valence-corrected chi connectivity index (χ1v) is 10.6. The van der Waals surface area contributed by atoms with Crippen LogP contribution in [0.3, 0.4) is 0 Å². The van der Waals surface area contributed by atoms with Gasteiger partial charge in [-0.2, -0.15) is 5.10 Å². The van der Waals surface area contributed by atoms with Crippen LogP contribution in [-0.2, 0) is 11.3 Å². The third kappa shape index (κ3) is 3.66. The van der Waals surface area contributed by atoms with Crippen molar-refractivity contribution in [3.8, 4) is 11.5 Å². The van der Waals surface area contributed by atoms with Gasteiger partial charge in [0.25, 0.3) is 0 Å². The van der Waals surface area contributed by atoms with E-state index in [-0.39, 0.29) is 6.10 Å². The van der Waals surface area contributed by atoms with Gasteiger partial charge < -0.3 is 19.5 Å². The van der Waals surface area contributed by atoms with Crippen LogP contribution < -0.4 is 4.90 Å². The molecule has 7 heteroatoms. The van der Waals surface area contributed by atoms with E-state index < -0.39 is 0 Å². The van der Waals surface area contributed by atoms with E-state index in [0.29, 0.717) is 6.61 Å². The topological polar surface area (TPSA) is 73.1 Å². The zero-order valence-corrected chi connectivity index (χ0v) is 17.8. The minimum absolute atomic E-state index is 0.203. The number of ether oxygens (including phenoxy) is 1. The van der Waals surface area contributed by atoms with E-state index in [4.69, 9.17) is 9.72 Å². The molecule has 0 atom stereocenters. The van der Waals surface area contributed by atoms with Crippen molar-refractivity contribution < 1.29 is 4.74 Å². The largest absolute Gasteiger partial charge is 0.374 e. The maximum absolute atomic E-state index is 5.76. The third-order valence-corrected chi connectivity index (χ3v) is 5.77. The van der Waals surface area contributed by atoms with Gasteiger partial charge in [0.2, 0.25) is 0 Å². The number of likely N-dealkylation sites (N-methyl/N-ethyl adjacent to an activating group) is 1. The normalized spacial score (nSPS) is 15.7. The minimum atomic E-state index is 0.203. The summed E-state index contributed by atoms with van der Waals surface area (Å²) in [5, 5.41) is 8.72. The van der Waals surface area contributed by atoms with Crippen molar-refractivity contribution in [1.29, 1.82) is 0 Å². The molecule has 156 valence electrons. The summed E-state index contributed by atoms with van der Waals surface area (Å²) >= 11 is 0. The Kier molecular flexibility index (Phi) is 4.92. The van der Waals surface area contributed by atoms with Crippen molar-refractivity contribution >= 4 is 27.6 Å². The maximum Gasteiger partial charge on any atom is 0.159 e. The van der Waals surface area contributed by atoms with Crippen LogP contribution in [0, 0.1) is 0 Å². The number of rotatable bonds is 5. The number of aromatic amines is 2. The quantitative estimate of drug-likeness (QED) is 0.530. The summed E-state index contributed by atoms with van der Waals surface area (Å²) in [6.45, 7) is 8.97. The highest BCUT2D eigenvalue weighted by Gasteiger charge is 2.17. The molecule has 3 heterocycles. The Hall–Kier alpha value is -2.90. The molecule has 0 unspecified atom stereocenters. The lowest BCUT2D eigenvalue weighted by molar-refractivity contribution is 0.0658. The van der Waals surface area contributed by atoms with Gasteiger partial charge in [-0.25, -0.2) is 4.98 Å². The van der Waals surface area contributed by atoms with Crippen molar-refractivity contribution in [2.45, 2.75) is 26.6 Å². The van der Waals surface area contributed by atoms with Crippen LogP contribution in [0.2, 0.25) is 0 Å². The van der Waals surface area contributed by atoms with Crippen LogP contribution in [0.1, 0.15) is 19.4 Å². The minimum Gasteiger partial charge on any atom is -0.374 e. The van der Waals surface area contributed by atoms with Crippen molar-refractivity contribution in [3.05, 3.63) is 42.0 Å². The van der Waals surface area contributed by atoms with Crippen molar-refractivity contribution in [1.82, 2.24) is 25.1 Å². The molecule has 1 aliphatic rings. The molecule has 1 aliphatic heterocycles. The van der Waals surface area contributed by atoms with Crippen LogP contribution >= 0.6 is 0 Å². The number of nitrogens with zero attached hydrogens (tertiary/aromatic N) is 4. The molecule has 0 aliphatic carbocycles. The second-order valence-corrected chi connectivity index (χ2v) is 8.39. The lowest BCUT2D eigenvalue weighted by Gasteiger charge is -2.34. The predicted molar refractivity (Wildman–Crippen MR) is 121 cm³/mol. The number of H-pyrrole nitrogens is 2. The molecular weight excluding hydrogens is 376 g/mol. The molecule has 0 amide bonds. The van der Waals surface area contributed by atoms with Gasteiger partial charge in [0.15, 0.2) is 5.82 Å². The summed E-state index contributed by atoms with van der Waals surface area (Å²) in [6.07, 6.45) is 0.203. The standard InChI is InChI=1S/C23H28N6O/c1-15(2)30-14-16-4-6-19-18(12-16)22(27-26-19)23-24-20-7-5-17(13-21(20)25-23)29-10-8-28(3)9-11-29/h4-7,12-13,15H,8-11,14H2,1-3H3,(H,24,25)(H,26,27). The molecule has 7 nitrogen and oxygen atoms in total. The zero-order chi connectivity index (χ0) is 20.7. The number of nitrogens with one attached hydrogen (secondary N) is 2. The average Bonchev–Trinajstić information content (AvgIpc) is 3.35. The number of hydrogen-bond acceptors (Lipinski definition) is 5. The molecule has 0 saturated carbocycles. The zero-order valence-electron chi connectivity index (χ0n) is 17.8. The molecule has 0 radical (unpaired) electrons. The first-order chi connectivity index (χ1) is 14.6. The Morgan fingerprint density at radius 3 is 2.67 bits per heavy atom. The Balaban J connectivity index is 1.47. The van der Waals surface area contributed by atoms with Gasteiger partial charge >= 0.3 is 0 Å². The number of imidazole rings is 1. The van der Waals surface area contributed by atoms with E-state index >= 15 is 0 Å². The Bertz CT molecular complexity index is 1170. The van der Waals surface area contributed by atoms with Crippen molar-refractivity contribution in [3.63, 3.8) is 0 Å². The van der Waals surface area contributed by atoms with E-state index in [9.17, 15) is 0 Å². The van der Waals surface area contributed by atoms with Gasteiger partial charge in [0.05, 0.1) is 29.3 Å². The number of fused-ring (bicyclic) bond motifs is 2. The SMILES string of the molecule is CC(C)OCc1ccc2[nH]nc(-c3nc4ccc(N5CCN(C)CC5)cc4[nH]3)c2c1. The molecule has 1 fully saturated rings. The van der Waals surface area contributed by atoms with Crippen molar-refractivity contribution in [2.24, 2.45) is 0 Å².